The summed E-state index contributed by atoms with van der Waals surface area (Å²) < 4.78 is 9.81. The monoisotopic (exact) mass is 496 g/mol. The third kappa shape index (κ3) is 4.53. The second-order valence-electron chi connectivity index (χ2n) is 9.12. The number of nitrogens with zero attached hydrogens (tertiary/aromatic N) is 3. The van der Waals surface area contributed by atoms with E-state index in [1.807, 2.05) is 67.6 Å². The molecule has 2 heterocycles. The summed E-state index contributed by atoms with van der Waals surface area (Å²) in [5, 5.41) is 3.55. The van der Waals surface area contributed by atoms with E-state index in [4.69, 9.17) is 4.74 Å². The Labute approximate surface area is 213 Å². The number of aryl methyl sites for hydroxylation is 3. The number of hydrogen-bond donors (Lipinski definition) is 1. The van der Waals surface area contributed by atoms with Gasteiger partial charge in [-0.05, 0) is 54.8 Å². The summed E-state index contributed by atoms with van der Waals surface area (Å²) in [6.07, 6.45) is 0.509. The van der Waals surface area contributed by atoms with Crippen molar-refractivity contribution in [2.75, 3.05) is 12.4 Å². The average molecular weight is 497 g/mol. The molecule has 0 saturated carbocycles. The minimum absolute atomic E-state index is 0.196. The van der Waals surface area contributed by atoms with Gasteiger partial charge < -0.3 is 14.6 Å². The fourth-order valence-electron chi connectivity index (χ4n) is 4.80. The molecule has 0 aliphatic carbocycles. The van der Waals surface area contributed by atoms with Crippen molar-refractivity contribution in [2.45, 2.75) is 26.4 Å². The van der Waals surface area contributed by atoms with Crippen LogP contribution in [-0.2, 0) is 31.4 Å². The molecule has 0 unspecified atom stereocenters. The second-order valence-corrected chi connectivity index (χ2v) is 9.12. The third-order valence-electron chi connectivity index (χ3n) is 6.63. The van der Waals surface area contributed by atoms with E-state index < -0.39 is 5.69 Å². The Balaban J connectivity index is 1.67. The quantitative estimate of drug-likeness (QED) is 0.371. The molecule has 0 bridgehead atoms. The molecule has 0 spiro atoms. The molecule has 0 fully saturated rings. The van der Waals surface area contributed by atoms with Crippen LogP contribution in [0.5, 0.6) is 5.75 Å². The van der Waals surface area contributed by atoms with E-state index in [9.17, 15) is 14.4 Å². The molecule has 5 rings (SSSR count). The van der Waals surface area contributed by atoms with Gasteiger partial charge in [0.1, 0.15) is 17.8 Å². The summed E-state index contributed by atoms with van der Waals surface area (Å²) in [7, 11) is 3.35. The maximum absolute atomic E-state index is 13.8. The Morgan fingerprint density at radius 2 is 1.70 bits per heavy atom. The van der Waals surface area contributed by atoms with Crippen LogP contribution in [0.3, 0.4) is 0 Å². The predicted octanol–water partition coefficient (Wildman–Crippen LogP) is 3.85. The van der Waals surface area contributed by atoms with E-state index in [2.05, 4.69) is 5.32 Å². The molecule has 1 amide bonds. The standard InChI is InChI=1S/C29H28N4O4/c1-19-8-7-11-21(16-19)30-25(34)18-33-26-23-17-22(37-3)12-13-24(23)31(2)27(26)28(35)32(29(33)36)15-14-20-9-5-4-6-10-20/h4-13,16-17H,14-15,18H2,1-3H3,(H,30,34). The van der Waals surface area contributed by atoms with Gasteiger partial charge in [-0.25, -0.2) is 4.79 Å². The minimum Gasteiger partial charge on any atom is -0.497 e. The average Bonchev–Trinajstić information content (AvgIpc) is 3.18. The molecule has 8 nitrogen and oxygen atoms in total. The first-order chi connectivity index (χ1) is 17.9. The molecule has 5 aromatic rings. The summed E-state index contributed by atoms with van der Waals surface area (Å²) >= 11 is 0. The van der Waals surface area contributed by atoms with Crippen LogP contribution < -0.4 is 21.3 Å². The normalized spacial score (nSPS) is 11.2. The topological polar surface area (TPSA) is 87.3 Å². The molecule has 0 radical (unpaired) electrons. The van der Waals surface area contributed by atoms with Crippen LogP contribution in [0.2, 0.25) is 0 Å². The summed E-state index contributed by atoms with van der Waals surface area (Å²) in [5.41, 5.74) is 3.30. The van der Waals surface area contributed by atoms with Gasteiger partial charge in [-0.2, -0.15) is 0 Å². The Bertz CT molecular complexity index is 1750. The zero-order valence-electron chi connectivity index (χ0n) is 21.0. The van der Waals surface area contributed by atoms with Gasteiger partial charge in [0.15, 0.2) is 0 Å². The molecule has 0 aliphatic heterocycles. The lowest BCUT2D eigenvalue weighted by Crippen LogP contribution is -2.42. The zero-order valence-corrected chi connectivity index (χ0v) is 21.0. The molecule has 3 aromatic carbocycles. The molecule has 37 heavy (non-hydrogen) atoms. The highest BCUT2D eigenvalue weighted by Crippen LogP contribution is 2.29. The van der Waals surface area contributed by atoms with E-state index in [-0.39, 0.29) is 24.6 Å². The highest BCUT2D eigenvalue weighted by molar-refractivity contribution is 6.06. The van der Waals surface area contributed by atoms with Gasteiger partial charge in [0.2, 0.25) is 5.91 Å². The van der Waals surface area contributed by atoms with Crippen LogP contribution in [0.4, 0.5) is 5.69 Å². The number of nitrogens with one attached hydrogen (secondary N) is 1. The predicted molar refractivity (Wildman–Crippen MR) is 145 cm³/mol. The lowest BCUT2D eigenvalue weighted by molar-refractivity contribution is -0.116. The first-order valence-corrected chi connectivity index (χ1v) is 12.1. The fourth-order valence-corrected chi connectivity index (χ4v) is 4.80. The Hall–Kier alpha value is -4.59. The molecule has 188 valence electrons. The smallest absolute Gasteiger partial charge is 0.332 e. The van der Waals surface area contributed by atoms with Crippen LogP contribution in [-0.4, -0.2) is 26.7 Å². The van der Waals surface area contributed by atoms with E-state index in [0.717, 1.165) is 16.6 Å². The van der Waals surface area contributed by atoms with Gasteiger partial charge in [-0.3, -0.25) is 18.7 Å². The molecule has 8 heteroatoms. The van der Waals surface area contributed by atoms with Gasteiger partial charge in [0, 0.05) is 24.7 Å². The van der Waals surface area contributed by atoms with Crippen molar-refractivity contribution in [1.82, 2.24) is 13.7 Å². The number of benzene rings is 3. The maximum Gasteiger partial charge on any atom is 0.332 e. The van der Waals surface area contributed by atoms with Crippen LogP contribution in [0, 0.1) is 6.92 Å². The molecule has 1 N–H and O–H groups in total. The highest BCUT2D eigenvalue weighted by atomic mass is 16.5. The first kappa shape index (κ1) is 24.1. The summed E-state index contributed by atoms with van der Waals surface area (Å²) in [6, 6.07) is 22.6. The number of hydrogen-bond acceptors (Lipinski definition) is 4. The van der Waals surface area contributed by atoms with Gasteiger partial charge >= 0.3 is 5.69 Å². The van der Waals surface area contributed by atoms with Crippen LogP contribution in [0.15, 0.2) is 82.4 Å². The van der Waals surface area contributed by atoms with Gasteiger partial charge in [0.05, 0.1) is 18.1 Å². The van der Waals surface area contributed by atoms with Crippen molar-refractivity contribution in [2.24, 2.45) is 7.05 Å². The summed E-state index contributed by atoms with van der Waals surface area (Å²) in [4.78, 5) is 40.6. The number of anilines is 1. The van der Waals surface area contributed by atoms with Gasteiger partial charge in [0.25, 0.3) is 5.56 Å². The third-order valence-corrected chi connectivity index (χ3v) is 6.63. The maximum atomic E-state index is 13.8. The van der Waals surface area contributed by atoms with Crippen molar-refractivity contribution in [3.05, 3.63) is 105 Å². The number of carbonyl (C=O) groups excluding carboxylic acids is 1. The number of carbonyl (C=O) groups is 1. The van der Waals surface area contributed by atoms with Crippen LogP contribution >= 0.6 is 0 Å². The molecule has 0 saturated heterocycles. The van der Waals surface area contributed by atoms with E-state index in [0.29, 0.717) is 34.3 Å². The summed E-state index contributed by atoms with van der Waals surface area (Å²) in [5.74, 6) is 0.235. The van der Waals surface area contributed by atoms with Gasteiger partial charge in [-0.15, -0.1) is 0 Å². The molecule has 2 aromatic heterocycles. The van der Waals surface area contributed by atoms with E-state index in [1.165, 1.54) is 9.13 Å². The lowest BCUT2D eigenvalue weighted by atomic mass is 10.1. The Kier molecular flexibility index (Phi) is 6.40. The van der Waals surface area contributed by atoms with Crippen molar-refractivity contribution in [1.29, 1.82) is 0 Å². The number of methoxy groups -OCH3 is 1. The van der Waals surface area contributed by atoms with Gasteiger partial charge in [-0.1, -0.05) is 42.5 Å². The van der Waals surface area contributed by atoms with Crippen molar-refractivity contribution in [3.63, 3.8) is 0 Å². The lowest BCUT2D eigenvalue weighted by Gasteiger charge is -2.14. The number of fused-ring (bicyclic) bond motifs is 3. The Morgan fingerprint density at radius 1 is 0.919 bits per heavy atom. The van der Waals surface area contributed by atoms with E-state index in [1.54, 1.807) is 30.9 Å². The second kappa shape index (κ2) is 9.81. The number of ether oxygens (including phenoxy) is 1. The molecular formula is C29H28N4O4. The molecule has 0 atom stereocenters. The minimum atomic E-state index is -0.525. The number of rotatable bonds is 7. The first-order valence-electron chi connectivity index (χ1n) is 12.1. The Morgan fingerprint density at radius 3 is 2.43 bits per heavy atom. The zero-order chi connectivity index (χ0) is 26.1. The fraction of sp³-hybridized carbons (Fsp3) is 0.207. The van der Waals surface area contributed by atoms with Crippen molar-refractivity contribution in [3.8, 4) is 5.75 Å². The largest absolute Gasteiger partial charge is 0.497 e. The molecular weight excluding hydrogens is 468 g/mol. The molecule has 0 aliphatic rings. The van der Waals surface area contributed by atoms with Crippen LogP contribution in [0.1, 0.15) is 11.1 Å². The van der Waals surface area contributed by atoms with E-state index >= 15 is 0 Å². The van der Waals surface area contributed by atoms with Crippen molar-refractivity contribution < 1.29 is 9.53 Å². The SMILES string of the molecule is COc1ccc2c(c1)c1c(c(=O)n(CCc3ccccc3)c(=O)n1CC(=O)Nc1cccc(C)c1)n2C. The highest BCUT2D eigenvalue weighted by Gasteiger charge is 2.22. The van der Waals surface area contributed by atoms with Crippen LogP contribution in [0.25, 0.3) is 21.9 Å². The number of amides is 1. The van der Waals surface area contributed by atoms with Crippen molar-refractivity contribution >= 4 is 33.5 Å². The number of aromatic nitrogens is 3. The summed E-state index contributed by atoms with van der Waals surface area (Å²) in [6.45, 7) is 1.89.